The first-order valence-corrected chi connectivity index (χ1v) is 7.54. The van der Waals surface area contributed by atoms with Crippen LogP contribution in [0.2, 0.25) is 0 Å². The lowest BCUT2D eigenvalue weighted by Crippen LogP contribution is -2.41. The van der Waals surface area contributed by atoms with Gasteiger partial charge < -0.3 is 14.4 Å². The van der Waals surface area contributed by atoms with Gasteiger partial charge in [0.05, 0.1) is 7.11 Å². The summed E-state index contributed by atoms with van der Waals surface area (Å²) >= 11 is 0. The van der Waals surface area contributed by atoms with Gasteiger partial charge in [-0.2, -0.15) is 0 Å². The first kappa shape index (κ1) is 17.5. The summed E-state index contributed by atoms with van der Waals surface area (Å²) < 4.78 is 9.91. The highest BCUT2D eigenvalue weighted by Gasteiger charge is 2.26. The molecule has 0 N–H and O–H groups in total. The van der Waals surface area contributed by atoms with E-state index in [0.29, 0.717) is 5.92 Å². The van der Waals surface area contributed by atoms with Gasteiger partial charge in [-0.1, -0.05) is 6.08 Å². The normalized spacial score (nSPS) is 17.0. The van der Waals surface area contributed by atoms with Gasteiger partial charge in [-0.15, -0.1) is 0 Å². The molecule has 0 aliphatic carbocycles. The van der Waals surface area contributed by atoms with Crippen LogP contribution in [0.4, 0.5) is 4.79 Å². The summed E-state index contributed by atoms with van der Waals surface area (Å²) in [7, 11) is 1.37. The summed E-state index contributed by atoms with van der Waals surface area (Å²) in [4.78, 5) is 24.6. The summed E-state index contributed by atoms with van der Waals surface area (Å²) in [6.07, 6.45) is 6.99. The molecule has 0 bridgehead atoms. The molecule has 0 radical (unpaired) electrons. The van der Waals surface area contributed by atoms with Gasteiger partial charge in [0.15, 0.2) is 0 Å². The second kappa shape index (κ2) is 8.05. The van der Waals surface area contributed by atoms with E-state index in [1.165, 1.54) is 13.2 Å². The molecule has 1 amide bonds. The maximum atomic E-state index is 11.9. The first-order valence-electron chi connectivity index (χ1n) is 7.54. The first-order chi connectivity index (χ1) is 9.81. The van der Waals surface area contributed by atoms with Gasteiger partial charge in [-0.05, 0) is 52.4 Å². The number of carbonyl (C=O) groups excluding carboxylic acids is 2. The molecule has 0 aromatic rings. The third-order valence-electron chi connectivity index (χ3n) is 3.46. The SMILES string of the molecule is COC(=O)C=CCCC1CCN(C(=O)OC(C)(C)C)CC1. The van der Waals surface area contributed by atoms with Crippen LogP contribution < -0.4 is 0 Å². The van der Waals surface area contributed by atoms with Crippen molar-refractivity contribution in [1.29, 1.82) is 0 Å². The van der Waals surface area contributed by atoms with E-state index in [1.807, 2.05) is 26.8 Å². The zero-order chi connectivity index (χ0) is 15.9. The topological polar surface area (TPSA) is 55.8 Å². The summed E-state index contributed by atoms with van der Waals surface area (Å²) in [5, 5.41) is 0. The quantitative estimate of drug-likeness (QED) is 0.591. The molecule has 1 rings (SSSR count). The predicted octanol–water partition coefficient (Wildman–Crippen LogP) is 3.14. The number of allylic oxidation sites excluding steroid dienone is 1. The van der Waals surface area contributed by atoms with Crippen molar-refractivity contribution < 1.29 is 19.1 Å². The van der Waals surface area contributed by atoms with Crippen LogP contribution in [0.15, 0.2) is 12.2 Å². The number of rotatable bonds is 4. The highest BCUT2D eigenvalue weighted by Crippen LogP contribution is 2.23. The van der Waals surface area contributed by atoms with Crippen LogP contribution in [-0.4, -0.2) is 42.8 Å². The molecule has 21 heavy (non-hydrogen) atoms. The van der Waals surface area contributed by atoms with Crippen molar-refractivity contribution in [2.45, 2.75) is 52.1 Å². The van der Waals surface area contributed by atoms with Crippen molar-refractivity contribution in [3.8, 4) is 0 Å². The Kier molecular flexibility index (Phi) is 6.72. The number of amides is 1. The van der Waals surface area contributed by atoms with Crippen molar-refractivity contribution in [2.75, 3.05) is 20.2 Å². The maximum absolute atomic E-state index is 11.9. The third-order valence-corrected chi connectivity index (χ3v) is 3.46. The van der Waals surface area contributed by atoms with Crippen LogP contribution in [0.5, 0.6) is 0 Å². The van der Waals surface area contributed by atoms with Gasteiger partial charge in [-0.25, -0.2) is 9.59 Å². The fourth-order valence-corrected chi connectivity index (χ4v) is 2.31. The molecular weight excluding hydrogens is 270 g/mol. The number of carbonyl (C=O) groups is 2. The van der Waals surface area contributed by atoms with Gasteiger partial charge in [-0.3, -0.25) is 0 Å². The predicted molar refractivity (Wildman–Crippen MR) is 80.9 cm³/mol. The summed E-state index contributed by atoms with van der Waals surface area (Å²) in [5.41, 5.74) is -0.438. The van der Waals surface area contributed by atoms with E-state index in [9.17, 15) is 9.59 Å². The average Bonchev–Trinajstić information content (AvgIpc) is 2.42. The number of hydrogen-bond donors (Lipinski definition) is 0. The average molecular weight is 297 g/mol. The summed E-state index contributed by atoms with van der Waals surface area (Å²) in [6.45, 7) is 7.14. The van der Waals surface area contributed by atoms with E-state index in [-0.39, 0.29) is 12.1 Å². The number of methoxy groups -OCH3 is 1. The van der Waals surface area contributed by atoms with Crippen molar-refractivity contribution in [3.63, 3.8) is 0 Å². The highest BCUT2D eigenvalue weighted by atomic mass is 16.6. The van der Waals surface area contributed by atoms with Gasteiger partial charge in [0.2, 0.25) is 0 Å². The Bertz CT molecular complexity index is 376. The van der Waals surface area contributed by atoms with E-state index in [0.717, 1.165) is 38.8 Å². The molecule has 1 heterocycles. The van der Waals surface area contributed by atoms with E-state index >= 15 is 0 Å². The maximum Gasteiger partial charge on any atom is 0.410 e. The molecule has 0 saturated carbocycles. The Morgan fingerprint density at radius 3 is 2.38 bits per heavy atom. The Labute approximate surface area is 127 Å². The van der Waals surface area contributed by atoms with Crippen LogP contribution in [0.3, 0.4) is 0 Å². The molecule has 1 aliphatic heterocycles. The van der Waals surface area contributed by atoms with Gasteiger partial charge in [0.1, 0.15) is 5.60 Å². The molecular formula is C16H27NO4. The minimum absolute atomic E-state index is 0.216. The minimum atomic E-state index is -0.438. The lowest BCUT2D eigenvalue weighted by atomic mass is 9.92. The van der Waals surface area contributed by atoms with Crippen LogP contribution >= 0.6 is 0 Å². The summed E-state index contributed by atoms with van der Waals surface area (Å²) in [5.74, 6) is 0.292. The Hall–Kier alpha value is -1.52. The van der Waals surface area contributed by atoms with Crippen molar-refractivity contribution in [1.82, 2.24) is 4.90 Å². The van der Waals surface area contributed by atoms with Crippen molar-refractivity contribution in [3.05, 3.63) is 12.2 Å². The molecule has 5 nitrogen and oxygen atoms in total. The monoisotopic (exact) mass is 297 g/mol. The van der Waals surface area contributed by atoms with Gasteiger partial charge >= 0.3 is 12.1 Å². The standard InChI is InChI=1S/C16H27NO4/c1-16(2,3)21-15(19)17-11-9-13(10-12-17)7-5-6-8-14(18)20-4/h6,8,13H,5,7,9-12H2,1-4H3. The van der Waals surface area contributed by atoms with Crippen LogP contribution in [0.25, 0.3) is 0 Å². The zero-order valence-corrected chi connectivity index (χ0v) is 13.6. The van der Waals surface area contributed by atoms with E-state index in [2.05, 4.69) is 4.74 Å². The Morgan fingerprint density at radius 2 is 1.86 bits per heavy atom. The van der Waals surface area contributed by atoms with Crippen molar-refractivity contribution in [2.24, 2.45) is 5.92 Å². The van der Waals surface area contributed by atoms with Crippen LogP contribution in [-0.2, 0) is 14.3 Å². The molecule has 0 aromatic heterocycles. The minimum Gasteiger partial charge on any atom is -0.466 e. The Balaban J connectivity index is 2.25. The molecule has 0 aromatic carbocycles. The molecule has 0 unspecified atom stereocenters. The fourth-order valence-electron chi connectivity index (χ4n) is 2.31. The smallest absolute Gasteiger partial charge is 0.410 e. The second-order valence-corrected chi connectivity index (χ2v) is 6.41. The molecule has 0 spiro atoms. The molecule has 1 aliphatic rings. The van der Waals surface area contributed by atoms with E-state index in [4.69, 9.17) is 4.74 Å². The summed E-state index contributed by atoms with van der Waals surface area (Å²) in [6, 6.07) is 0. The number of esters is 1. The lowest BCUT2D eigenvalue weighted by Gasteiger charge is -2.33. The second-order valence-electron chi connectivity index (χ2n) is 6.41. The zero-order valence-electron chi connectivity index (χ0n) is 13.6. The number of hydrogen-bond acceptors (Lipinski definition) is 4. The number of ether oxygens (including phenoxy) is 2. The van der Waals surface area contributed by atoms with Gasteiger partial charge in [0, 0.05) is 19.2 Å². The van der Waals surface area contributed by atoms with E-state index < -0.39 is 5.60 Å². The number of piperidine rings is 1. The molecule has 1 fully saturated rings. The molecule has 1 saturated heterocycles. The number of likely N-dealkylation sites (tertiary alicyclic amines) is 1. The lowest BCUT2D eigenvalue weighted by molar-refractivity contribution is -0.134. The van der Waals surface area contributed by atoms with E-state index in [1.54, 1.807) is 4.90 Å². The largest absolute Gasteiger partial charge is 0.466 e. The van der Waals surface area contributed by atoms with Crippen molar-refractivity contribution >= 4 is 12.1 Å². The Morgan fingerprint density at radius 1 is 1.24 bits per heavy atom. The molecule has 0 atom stereocenters. The number of nitrogens with zero attached hydrogens (tertiary/aromatic N) is 1. The molecule has 120 valence electrons. The molecule has 5 heteroatoms. The fraction of sp³-hybridized carbons (Fsp3) is 0.750. The van der Waals surface area contributed by atoms with Gasteiger partial charge in [0.25, 0.3) is 0 Å². The van der Waals surface area contributed by atoms with Crippen LogP contribution in [0.1, 0.15) is 46.5 Å². The third kappa shape index (κ3) is 7.16. The van der Waals surface area contributed by atoms with Crippen LogP contribution in [0, 0.1) is 5.92 Å². The highest BCUT2D eigenvalue weighted by molar-refractivity contribution is 5.81.